The average Bonchev–Trinajstić information content (AvgIpc) is 3.24. The molecule has 9 heteroatoms. The largest absolute Gasteiger partial charge is 0.353 e. The van der Waals surface area contributed by atoms with Crippen LogP contribution in [0.25, 0.3) is 5.65 Å². The zero-order valence-electron chi connectivity index (χ0n) is 16.0. The lowest BCUT2D eigenvalue weighted by Gasteiger charge is -2.16. The van der Waals surface area contributed by atoms with Crippen LogP contribution >= 0.6 is 0 Å². The predicted octanol–water partition coefficient (Wildman–Crippen LogP) is 1.87. The first-order chi connectivity index (χ1) is 13.4. The highest BCUT2D eigenvalue weighted by Crippen LogP contribution is 2.22. The molecule has 1 aliphatic rings. The van der Waals surface area contributed by atoms with E-state index in [1.165, 1.54) is 12.3 Å². The number of imidazole rings is 1. The Balaban J connectivity index is 1.48. The van der Waals surface area contributed by atoms with Crippen LogP contribution in [0.2, 0.25) is 0 Å². The van der Waals surface area contributed by atoms with Gasteiger partial charge in [0.2, 0.25) is 0 Å². The molecule has 3 aromatic heterocycles. The number of pyridine rings is 1. The van der Waals surface area contributed by atoms with E-state index in [0.717, 1.165) is 18.9 Å². The van der Waals surface area contributed by atoms with E-state index in [2.05, 4.69) is 37.4 Å². The molecule has 1 amide bonds. The van der Waals surface area contributed by atoms with Crippen LogP contribution in [0, 0.1) is 18.7 Å². The minimum Gasteiger partial charge on any atom is -0.353 e. The van der Waals surface area contributed by atoms with Crippen molar-refractivity contribution in [2.75, 3.05) is 30.4 Å². The van der Waals surface area contributed by atoms with Crippen molar-refractivity contribution < 1.29 is 9.18 Å². The standard InChI is InChI=1S/C19H22FN7O/c1-11-7-26(10-16(11)21-3)17-6-22-15(5-23-17)19(28)25-13-4-14(20)18-24-12(2)8-27(18)9-13/h4-6,8-9,11,16,21H,7,10H2,1-3H3,(H,25,28)/t11-,16-/m0/s1. The molecular weight excluding hydrogens is 361 g/mol. The second-order valence-electron chi connectivity index (χ2n) is 7.18. The van der Waals surface area contributed by atoms with Gasteiger partial charge >= 0.3 is 0 Å². The highest BCUT2D eigenvalue weighted by atomic mass is 19.1. The number of carbonyl (C=O) groups is 1. The van der Waals surface area contributed by atoms with Crippen LogP contribution in [0.15, 0.2) is 30.9 Å². The highest BCUT2D eigenvalue weighted by Gasteiger charge is 2.29. The molecule has 146 valence electrons. The zero-order valence-corrected chi connectivity index (χ0v) is 16.0. The van der Waals surface area contributed by atoms with E-state index in [-0.39, 0.29) is 11.3 Å². The second kappa shape index (κ2) is 7.16. The van der Waals surface area contributed by atoms with Gasteiger partial charge in [0.25, 0.3) is 5.91 Å². The molecule has 1 saturated heterocycles. The Bertz CT molecular complexity index is 1020. The van der Waals surface area contributed by atoms with Gasteiger partial charge in [-0.3, -0.25) is 4.79 Å². The number of hydrogen-bond donors (Lipinski definition) is 2. The molecule has 1 aliphatic heterocycles. The van der Waals surface area contributed by atoms with Crippen molar-refractivity contribution in [3.63, 3.8) is 0 Å². The van der Waals surface area contributed by atoms with Crippen molar-refractivity contribution in [1.82, 2.24) is 24.7 Å². The summed E-state index contributed by atoms with van der Waals surface area (Å²) in [5.74, 6) is 0.293. The summed E-state index contributed by atoms with van der Waals surface area (Å²) in [5.41, 5.74) is 1.41. The third kappa shape index (κ3) is 3.40. The zero-order chi connectivity index (χ0) is 19.8. The summed E-state index contributed by atoms with van der Waals surface area (Å²) < 4.78 is 15.7. The molecule has 0 bridgehead atoms. The van der Waals surface area contributed by atoms with Gasteiger partial charge in [-0.15, -0.1) is 0 Å². The molecule has 0 spiro atoms. The van der Waals surface area contributed by atoms with Crippen molar-refractivity contribution in [3.05, 3.63) is 48.1 Å². The fourth-order valence-corrected chi connectivity index (χ4v) is 3.57. The first kappa shape index (κ1) is 18.3. The average molecular weight is 383 g/mol. The number of halogens is 1. The van der Waals surface area contributed by atoms with Gasteiger partial charge in [-0.2, -0.15) is 0 Å². The smallest absolute Gasteiger partial charge is 0.275 e. The van der Waals surface area contributed by atoms with Crippen molar-refractivity contribution >= 4 is 23.1 Å². The lowest BCUT2D eigenvalue weighted by Crippen LogP contribution is -2.32. The number of fused-ring (bicyclic) bond motifs is 1. The Labute approximate surface area is 161 Å². The fraction of sp³-hybridized carbons (Fsp3) is 0.368. The predicted molar refractivity (Wildman–Crippen MR) is 104 cm³/mol. The van der Waals surface area contributed by atoms with Crippen molar-refractivity contribution in [3.8, 4) is 0 Å². The van der Waals surface area contributed by atoms with Gasteiger partial charge in [-0.05, 0) is 19.9 Å². The number of anilines is 2. The molecule has 4 heterocycles. The lowest BCUT2D eigenvalue weighted by molar-refractivity contribution is 0.102. The van der Waals surface area contributed by atoms with E-state index in [9.17, 15) is 9.18 Å². The third-order valence-electron chi connectivity index (χ3n) is 5.06. The molecule has 0 aromatic carbocycles. The molecule has 28 heavy (non-hydrogen) atoms. The fourth-order valence-electron chi connectivity index (χ4n) is 3.57. The molecule has 0 radical (unpaired) electrons. The number of rotatable bonds is 4. The summed E-state index contributed by atoms with van der Waals surface area (Å²) in [5, 5.41) is 5.96. The number of aromatic nitrogens is 4. The van der Waals surface area contributed by atoms with Crippen LogP contribution in [0.1, 0.15) is 23.1 Å². The summed E-state index contributed by atoms with van der Waals surface area (Å²) >= 11 is 0. The Morgan fingerprint density at radius 3 is 2.75 bits per heavy atom. The third-order valence-corrected chi connectivity index (χ3v) is 5.06. The molecular formula is C19H22FN7O. The Kier molecular flexibility index (Phi) is 4.68. The summed E-state index contributed by atoms with van der Waals surface area (Å²) in [7, 11) is 1.95. The Morgan fingerprint density at radius 2 is 2.07 bits per heavy atom. The molecule has 8 nitrogen and oxygen atoms in total. The quantitative estimate of drug-likeness (QED) is 0.715. The summed E-state index contributed by atoms with van der Waals surface area (Å²) in [6.07, 6.45) is 6.35. The van der Waals surface area contributed by atoms with Crippen LogP contribution in [-0.4, -0.2) is 51.4 Å². The minimum atomic E-state index is -0.505. The van der Waals surface area contributed by atoms with Crippen LogP contribution in [0.4, 0.5) is 15.9 Å². The van der Waals surface area contributed by atoms with Gasteiger partial charge in [0.05, 0.1) is 23.8 Å². The van der Waals surface area contributed by atoms with E-state index in [4.69, 9.17) is 0 Å². The van der Waals surface area contributed by atoms with Crippen LogP contribution in [-0.2, 0) is 0 Å². The molecule has 4 rings (SSSR count). The second-order valence-corrected chi connectivity index (χ2v) is 7.18. The van der Waals surface area contributed by atoms with Gasteiger partial charge in [-0.1, -0.05) is 6.92 Å². The maximum Gasteiger partial charge on any atom is 0.275 e. The maximum atomic E-state index is 14.2. The van der Waals surface area contributed by atoms with E-state index < -0.39 is 11.7 Å². The molecule has 3 aromatic rings. The van der Waals surface area contributed by atoms with Crippen LogP contribution in [0.3, 0.4) is 0 Å². The number of nitrogens with zero attached hydrogens (tertiary/aromatic N) is 5. The Morgan fingerprint density at radius 1 is 1.25 bits per heavy atom. The van der Waals surface area contributed by atoms with Gasteiger partial charge in [0.15, 0.2) is 11.5 Å². The summed E-state index contributed by atoms with van der Waals surface area (Å²) in [6, 6.07) is 1.65. The first-order valence-corrected chi connectivity index (χ1v) is 9.15. The molecule has 2 N–H and O–H groups in total. The molecule has 0 saturated carbocycles. The molecule has 2 atom stereocenters. The number of carbonyl (C=O) groups excluding carboxylic acids is 1. The van der Waals surface area contributed by atoms with E-state index in [0.29, 0.717) is 23.3 Å². The number of likely N-dealkylation sites (N-methyl/N-ethyl adjacent to an activating group) is 1. The number of hydrogen-bond acceptors (Lipinski definition) is 6. The van der Waals surface area contributed by atoms with E-state index in [1.807, 2.05) is 7.05 Å². The van der Waals surface area contributed by atoms with Crippen LogP contribution < -0.4 is 15.5 Å². The first-order valence-electron chi connectivity index (χ1n) is 9.15. The molecule has 0 aliphatic carbocycles. The lowest BCUT2D eigenvalue weighted by atomic mass is 10.1. The van der Waals surface area contributed by atoms with Crippen molar-refractivity contribution in [1.29, 1.82) is 0 Å². The van der Waals surface area contributed by atoms with Gasteiger partial charge in [0.1, 0.15) is 11.5 Å². The molecule has 0 unspecified atom stereocenters. The van der Waals surface area contributed by atoms with Crippen LogP contribution in [0.5, 0.6) is 0 Å². The number of amides is 1. The Hall–Kier alpha value is -3.07. The summed E-state index contributed by atoms with van der Waals surface area (Å²) in [4.78, 5) is 27.3. The minimum absolute atomic E-state index is 0.170. The van der Waals surface area contributed by atoms with E-state index >= 15 is 0 Å². The summed E-state index contributed by atoms with van der Waals surface area (Å²) in [6.45, 7) is 5.70. The van der Waals surface area contributed by atoms with Crippen molar-refractivity contribution in [2.45, 2.75) is 19.9 Å². The SMILES string of the molecule is CN[C@H]1CN(c2cnc(C(=O)Nc3cc(F)c4nc(C)cn4c3)cn2)C[C@@H]1C. The van der Waals surface area contributed by atoms with Gasteiger partial charge < -0.3 is 19.9 Å². The topological polar surface area (TPSA) is 87.5 Å². The highest BCUT2D eigenvalue weighted by molar-refractivity contribution is 6.02. The normalized spacial score (nSPS) is 19.4. The van der Waals surface area contributed by atoms with Gasteiger partial charge in [0, 0.05) is 37.6 Å². The molecule has 1 fully saturated rings. The number of nitrogens with one attached hydrogen (secondary N) is 2. The monoisotopic (exact) mass is 383 g/mol. The maximum absolute atomic E-state index is 14.2. The van der Waals surface area contributed by atoms with Gasteiger partial charge in [-0.25, -0.2) is 19.3 Å². The number of aryl methyl sites for hydroxylation is 1. The van der Waals surface area contributed by atoms with Crippen molar-refractivity contribution in [2.24, 2.45) is 5.92 Å². The van der Waals surface area contributed by atoms with E-state index in [1.54, 1.807) is 29.9 Å².